The van der Waals surface area contributed by atoms with E-state index in [4.69, 9.17) is 9.84 Å². The van der Waals surface area contributed by atoms with Crippen molar-refractivity contribution in [3.8, 4) is 0 Å². The van der Waals surface area contributed by atoms with Crippen LogP contribution < -0.4 is 0 Å². The minimum Gasteiger partial charge on any atom is -0.451 e. The normalized spacial score (nSPS) is 11.9. The van der Waals surface area contributed by atoms with Gasteiger partial charge < -0.3 is 9.84 Å². The molecule has 126 valence electrons. The van der Waals surface area contributed by atoms with Crippen LogP contribution in [0.1, 0.15) is 49.9 Å². The van der Waals surface area contributed by atoms with Crippen LogP contribution in [-0.4, -0.2) is 23.0 Å². The van der Waals surface area contributed by atoms with Crippen LogP contribution in [0.25, 0.3) is 0 Å². The fraction of sp³-hybridized carbons (Fsp3) is 0.300. The Morgan fingerprint density at radius 2 is 1.58 bits per heavy atom. The number of aliphatic hydroxyl groups excluding tert-OH is 1. The second-order valence-corrected chi connectivity index (χ2v) is 6.02. The molecule has 1 unspecified atom stereocenters. The summed E-state index contributed by atoms with van der Waals surface area (Å²) >= 11 is 0. The van der Waals surface area contributed by atoms with Gasteiger partial charge in [-0.15, -0.1) is 0 Å². The highest BCUT2D eigenvalue weighted by atomic mass is 16.5. The molecule has 2 rings (SSSR count). The number of hydrogen-bond acceptors (Lipinski definition) is 4. The third-order valence-corrected chi connectivity index (χ3v) is 4.13. The zero-order valence-electron chi connectivity index (χ0n) is 14.4. The van der Waals surface area contributed by atoms with Crippen LogP contribution in [0.4, 0.5) is 0 Å². The Hall–Kier alpha value is -2.46. The van der Waals surface area contributed by atoms with Gasteiger partial charge in [-0.1, -0.05) is 18.2 Å². The zero-order valence-corrected chi connectivity index (χ0v) is 14.4. The van der Waals surface area contributed by atoms with E-state index < -0.39 is 12.1 Å². The SMILES string of the molecule is Cc1cc(C)c(C(=O)C(C)OC(=O)c2ccc(CO)cc2)cc1C. The molecular formula is C20H22O4. The average molecular weight is 326 g/mol. The minimum atomic E-state index is -0.865. The minimum absolute atomic E-state index is 0.0870. The van der Waals surface area contributed by atoms with Crippen LogP contribution in [0, 0.1) is 20.8 Å². The Morgan fingerprint density at radius 3 is 2.17 bits per heavy atom. The van der Waals surface area contributed by atoms with E-state index in [-0.39, 0.29) is 12.4 Å². The molecular weight excluding hydrogens is 304 g/mol. The lowest BCUT2D eigenvalue weighted by atomic mass is 9.96. The number of aliphatic hydroxyl groups is 1. The van der Waals surface area contributed by atoms with Gasteiger partial charge in [-0.05, 0) is 68.1 Å². The second kappa shape index (κ2) is 7.41. The number of ether oxygens (including phenoxy) is 1. The van der Waals surface area contributed by atoms with E-state index in [1.54, 1.807) is 31.2 Å². The molecule has 0 amide bonds. The predicted octanol–water partition coefficient (Wildman–Crippen LogP) is 3.53. The Balaban J connectivity index is 2.13. The van der Waals surface area contributed by atoms with Crippen molar-refractivity contribution in [2.24, 2.45) is 0 Å². The highest BCUT2D eigenvalue weighted by Crippen LogP contribution is 2.18. The molecule has 0 spiro atoms. The molecule has 1 N–H and O–H groups in total. The van der Waals surface area contributed by atoms with Crippen LogP contribution in [-0.2, 0) is 11.3 Å². The van der Waals surface area contributed by atoms with Gasteiger partial charge in [0.2, 0.25) is 5.78 Å². The summed E-state index contributed by atoms with van der Waals surface area (Å²) in [4.78, 5) is 24.7. The van der Waals surface area contributed by atoms with Crippen LogP contribution in [0.2, 0.25) is 0 Å². The van der Waals surface area contributed by atoms with E-state index >= 15 is 0 Å². The number of carbonyl (C=O) groups excluding carboxylic acids is 2. The third kappa shape index (κ3) is 3.89. The lowest BCUT2D eigenvalue weighted by molar-refractivity contribution is 0.0318. The standard InChI is InChI=1S/C20H22O4/c1-12-9-14(3)18(10-13(12)2)19(22)15(4)24-20(23)17-7-5-16(11-21)6-8-17/h5-10,15,21H,11H2,1-4H3. The first-order chi connectivity index (χ1) is 11.3. The highest BCUT2D eigenvalue weighted by molar-refractivity contribution is 6.02. The van der Waals surface area contributed by atoms with E-state index in [0.717, 1.165) is 16.7 Å². The van der Waals surface area contributed by atoms with Crippen LogP contribution >= 0.6 is 0 Å². The van der Waals surface area contributed by atoms with Crippen molar-refractivity contribution in [1.29, 1.82) is 0 Å². The molecule has 0 fully saturated rings. The van der Waals surface area contributed by atoms with Gasteiger partial charge in [0.1, 0.15) is 0 Å². The van der Waals surface area contributed by atoms with Gasteiger partial charge in [-0.3, -0.25) is 4.79 Å². The molecule has 0 aromatic heterocycles. The second-order valence-electron chi connectivity index (χ2n) is 6.02. The first-order valence-electron chi connectivity index (χ1n) is 7.86. The largest absolute Gasteiger partial charge is 0.451 e. The summed E-state index contributed by atoms with van der Waals surface area (Å²) in [6.07, 6.45) is -0.865. The van der Waals surface area contributed by atoms with Crippen LogP contribution in [0.15, 0.2) is 36.4 Å². The molecule has 0 aliphatic heterocycles. The van der Waals surface area contributed by atoms with Crippen LogP contribution in [0.5, 0.6) is 0 Å². The Bertz CT molecular complexity index is 760. The number of rotatable bonds is 5. The average Bonchev–Trinajstić information content (AvgIpc) is 2.57. The van der Waals surface area contributed by atoms with Gasteiger partial charge in [0.15, 0.2) is 6.10 Å². The van der Waals surface area contributed by atoms with Gasteiger partial charge in [-0.25, -0.2) is 4.79 Å². The maximum absolute atomic E-state index is 12.6. The summed E-state index contributed by atoms with van der Waals surface area (Å²) in [5, 5.41) is 9.02. The predicted molar refractivity (Wildman–Crippen MR) is 92.2 cm³/mol. The molecule has 0 aliphatic carbocycles. The van der Waals surface area contributed by atoms with Crippen molar-refractivity contribution >= 4 is 11.8 Å². The van der Waals surface area contributed by atoms with E-state index in [1.165, 1.54) is 0 Å². The molecule has 2 aromatic rings. The van der Waals surface area contributed by atoms with E-state index in [9.17, 15) is 9.59 Å². The molecule has 0 saturated heterocycles. The number of aryl methyl sites for hydroxylation is 3. The van der Waals surface area contributed by atoms with Gasteiger partial charge in [0.25, 0.3) is 0 Å². The Kier molecular flexibility index (Phi) is 5.52. The quantitative estimate of drug-likeness (QED) is 0.674. The van der Waals surface area contributed by atoms with Gasteiger partial charge in [0.05, 0.1) is 12.2 Å². The van der Waals surface area contributed by atoms with Crippen molar-refractivity contribution in [3.05, 3.63) is 69.8 Å². The van der Waals surface area contributed by atoms with Crippen molar-refractivity contribution in [2.45, 2.75) is 40.4 Å². The number of Topliss-reactive ketones (excluding diaryl/α,β-unsaturated/α-hetero) is 1. The summed E-state index contributed by atoms with van der Waals surface area (Å²) in [5.74, 6) is -0.766. The number of ketones is 1. The number of hydrogen-bond donors (Lipinski definition) is 1. The molecule has 4 heteroatoms. The smallest absolute Gasteiger partial charge is 0.338 e. The molecule has 1 atom stereocenters. The zero-order chi connectivity index (χ0) is 17.9. The van der Waals surface area contributed by atoms with Gasteiger partial charge in [0, 0.05) is 5.56 Å². The maximum Gasteiger partial charge on any atom is 0.338 e. The summed E-state index contributed by atoms with van der Waals surface area (Å²) < 4.78 is 5.30. The van der Waals surface area contributed by atoms with Crippen LogP contribution in [0.3, 0.4) is 0 Å². The Labute approximate surface area is 142 Å². The monoisotopic (exact) mass is 326 g/mol. The topological polar surface area (TPSA) is 63.6 Å². The first kappa shape index (κ1) is 17.9. The molecule has 2 aromatic carbocycles. The fourth-order valence-corrected chi connectivity index (χ4v) is 2.47. The highest BCUT2D eigenvalue weighted by Gasteiger charge is 2.22. The molecule has 0 bridgehead atoms. The Morgan fingerprint density at radius 1 is 1.00 bits per heavy atom. The summed E-state index contributed by atoms with van der Waals surface area (Å²) in [5.41, 5.74) is 4.66. The summed E-state index contributed by atoms with van der Waals surface area (Å²) in [6.45, 7) is 7.32. The van der Waals surface area contributed by atoms with Gasteiger partial charge >= 0.3 is 5.97 Å². The maximum atomic E-state index is 12.6. The fourth-order valence-electron chi connectivity index (χ4n) is 2.47. The van der Waals surface area contributed by atoms with Crippen molar-refractivity contribution in [3.63, 3.8) is 0 Å². The van der Waals surface area contributed by atoms with Crippen molar-refractivity contribution in [2.75, 3.05) is 0 Å². The van der Waals surface area contributed by atoms with E-state index in [1.807, 2.05) is 32.9 Å². The van der Waals surface area contributed by atoms with E-state index in [0.29, 0.717) is 16.7 Å². The summed E-state index contributed by atoms with van der Waals surface area (Å²) in [6, 6.07) is 10.3. The number of carbonyl (C=O) groups is 2. The van der Waals surface area contributed by atoms with Gasteiger partial charge in [-0.2, -0.15) is 0 Å². The lowest BCUT2D eigenvalue weighted by Crippen LogP contribution is -2.25. The van der Waals surface area contributed by atoms with Crippen molar-refractivity contribution in [1.82, 2.24) is 0 Å². The van der Waals surface area contributed by atoms with Crippen molar-refractivity contribution < 1.29 is 19.4 Å². The van der Waals surface area contributed by atoms with E-state index in [2.05, 4.69) is 0 Å². The summed E-state index contributed by atoms with van der Waals surface area (Å²) in [7, 11) is 0. The lowest BCUT2D eigenvalue weighted by Gasteiger charge is -2.15. The number of benzene rings is 2. The molecule has 0 aliphatic rings. The number of esters is 1. The molecule has 4 nitrogen and oxygen atoms in total. The third-order valence-electron chi connectivity index (χ3n) is 4.13. The molecule has 0 saturated carbocycles. The molecule has 24 heavy (non-hydrogen) atoms. The first-order valence-corrected chi connectivity index (χ1v) is 7.86. The molecule has 0 radical (unpaired) electrons. The molecule has 0 heterocycles.